The summed E-state index contributed by atoms with van der Waals surface area (Å²) in [6.07, 6.45) is 3.68. The summed E-state index contributed by atoms with van der Waals surface area (Å²) in [5.74, 6) is 1.87. The minimum atomic E-state index is 0.337. The molecule has 1 aromatic carbocycles. The number of hydrogen-bond donors (Lipinski definition) is 2. The molecule has 0 bridgehead atoms. The third-order valence-electron chi connectivity index (χ3n) is 4.20. The number of aliphatic imine (C=N–C) groups is 1. The summed E-state index contributed by atoms with van der Waals surface area (Å²) in [7, 11) is 2.12. The van der Waals surface area contributed by atoms with Gasteiger partial charge in [0, 0.05) is 51.4 Å². The van der Waals surface area contributed by atoms with Gasteiger partial charge in [0.25, 0.3) is 0 Å². The van der Waals surface area contributed by atoms with Gasteiger partial charge in [0.15, 0.2) is 5.96 Å². The van der Waals surface area contributed by atoms with Crippen molar-refractivity contribution in [2.24, 2.45) is 4.99 Å². The van der Waals surface area contributed by atoms with E-state index in [0.29, 0.717) is 6.04 Å². The largest absolute Gasteiger partial charge is 0.375 e. The van der Waals surface area contributed by atoms with Crippen LogP contribution < -0.4 is 15.5 Å². The average Bonchev–Trinajstić information content (AvgIpc) is 3.12. The molecule has 0 fully saturated rings. The van der Waals surface area contributed by atoms with E-state index < -0.39 is 0 Å². The minimum absolute atomic E-state index is 0.337. The van der Waals surface area contributed by atoms with E-state index in [1.54, 1.807) is 6.33 Å². The number of nitrogens with zero attached hydrogens (tertiary/aromatic N) is 5. The van der Waals surface area contributed by atoms with Gasteiger partial charge < -0.3 is 20.1 Å². The van der Waals surface area contributed by atoms with Crippen molar-refractivity contribution < 1.29 is 0 Å². The summed E-state index contributed by atoms with van der Waals surface area (Å²) in [4.78, 5) is 6.98. The highest BCUT2D eigenvalue weighted by Gasteiger charge is 2.04. The van der Waals surface area contributed by atoms with Crippen LogP contribution in [0, 0.1) is 0 Å². The molecular weight excluding hydrogens is 338 g/mol. The first kappa shape index (κ1) is 20.7. The standard InChI is InChI=1S/C20H33N7/c1-5-19-25-23-16-27(19)15-13-22-20(24-17(2)3)21-12-9-14-26(4)18-10-7-6-8-11-18/h6-8,10-11,16-17H,5,9,12-15H2,1-4H3,(H2,21,22,24). The van der Waals surface area contributed by atoms with E-state index in [1.807, 2.05) is 6.07 Å². The lowest BCUT2D eigenvalue weighted by Gasteiger charge is -2.19. The number of guanidine groups is 1. The fraction of sp³-hybridized carbons (Fsp3) is 0.550. The molecule has 0 amide bonds. The van der Waals surface area contributed by atoms with E-state index in [-0.39, 0.29) is 0 Å². The molecule has 7 heteroatoms. The Hall–Kier alpha value is -2.57. The fourth-order valence-corrected chi connectivity index (χ4v) is 2.77. The van der Waals surface area contributed by atoms with Gasteiger partial charge in [0.1, 0.15) is 12.2 Å². The molecule has 0 aliphatic heterocycles. The second kappa shape index (κ2) is 11.2. The summed E-state index contributed by atoms with van der Waals surface area (Å²) in [6.45, 7) is 9.70. The van der Waals surface area contributed by atoms with E-state index in [2.05, 4.69) is 82.4 Å². The third-order valence-corrected chi connectivity index (χ3v) is 4.20. The van der Waals surface area contributed by atoms with Gasteiger partial charge in [-0.05, 0) is 32.4 Å². The van der Waals surface area contributed by atoms with E-state index >= 15 is 0 Å². The van der Waals surface area contributed by atoms with Crippen molar-refractivity contribution in [3.8, 4) is 0 Å². The van der Waals surface area contributed by atoms with E-state index in [0.717, 1.165) is 50.8 Å². The summed E-state index contributed by atoms with van der Waals surface area (Å²) in [6, 6.07) is 10.8. The molecule has 27 heavy (non-hydrogen) atoms. The molecule has 1 heterocycles. The molecule has 2 N–H and O–H groups in total. The zero-order valence-corrected chi connectivity index (χ0v) is 17.0. The van der Waals surface area contributed by atoms with Crippen LogP contribution in [0.5, 0.6) is 0 Å². The zero-order chi connectivity index (χ0) is 19.5. The number of hydrogen-bond acceptors (Lipinski definition) is 4. The lowest BCUT2D eigenvalue weighted by molar-refractivity contribution is 0.621. The summed E-state index contributed by atoms with van der Waals surface area (Å²) < 4.78 is 2.08. The molecule has 0 aliphatic carbocycles. The van der Waals surface area contributed by atoms with Crippen molar-refractivity contribution in [1.29, 1.82) is 0 Å². The molecule has 1 aromatic heterocycles. The summed E-state index contributed by atoms with van der Waals surface area (Å²) in [5.41, 5.74) is 1.24. The number of nitrogens with one attached hydrogen (secondary N) is 2. The average molecular weight is 372 g/mol. The molecule has 0 atom stereocenters. The molecule has 2 rings (SSSR count). The van der Waals surface area contributed by atoms with Crippen molar-refractivity contribution in [2.45, 2.75) is 46.2 Å². The van der Waals surface area contributed by atoms with Crippen LogP contribution in [0.25, 0.3) is 0 Å². The first-order chi connectivity index (χ1) is 13.1. The smallest absolute Gasteiger partial charge is 0.191 e. The van der Waals surface area contributed by atoms with Crippen LogP contribution in [0.2, 0.25) is 0 Å². The van der Waals surface area contributed by atoms with Crippen molar-refractivity contribution in [3.63, 3.8) is 0 Å². The van der Waals surface area contributed by atoms with Crippen LogP contribution in [-0.2, 0) is 13.0 Å². The maximum Gasteiger partial charge on any atom is 0.191 e. The molecule has 0 saturated heterocycles. The molecule has 0 saturated carbocycles. The third kappa shape index (κ3) is 7.29. The number of para-hydroxylation sites is 1. The van der Waals surface area contributed by atoms with Crippen LogP contribution >= 0.6 is 0 Å². The molecule has 0 unspecified atom stereocenters. The molecule has 0 radical (unpaired) electrons. The van der Waals surface area contributed by atoms with Crippen LogP contribution in [0.15, 0.2) is 41.7 Å². The Bertz CT molecular complexity index is 679. The van der Waals surface area contributed by atoms with Gasteiger partial charge in [0.05, 0.1) is 0 Å². The van der Waals surface area contributed by atoms with Gasteiger partial charge >= 0.3 is 0 Å². The molecule has 2 aromatic rings. The number of aromatic nitrogens is 3. The Kier molecular flexibility index (Phi) is 8.61. The fourth-order valence-electron chi connectivity index (χ4n) is 2.77. The number of anilines is 1. The quantitative estimate of drug-likeness (QED) is 0.381. The maximum absolute atomic E-state index is 4.72. The molecule has 0 aliphatic rings. The Morgan fingerprint density at radius 2 is 2.04 bits per heavy atom. The second-order valence-corrected chi connectivity index (χ2v) is 6.86. The summed E-state index contributed by atoms with van der Waals surface area (Å²) in [5, 5.41) is 14.9. The van der Waals surface area contributed by atoms with Gasteiger partial charge in [-0.1, -0.05) is 25.1 Å². The van der Waals surface area contributed by atoms with Gasteiger partial charge in [-0.25, -0.2) is 0 Å². The number of aryl methyl sites for hydroxylation is 1. The first-order valence-electron chi connectivity index (χ1n) is 9.77. The number of rotatable bonds is 10. The van der Waals surface area contributed by atoms with Gasteiger partial charge in [-0.3, -0.25) is 4.99 Å². The lowest BCUT2D eigenvalue weighted by Crippen LogP contribution is -2.42. The minimum Gasteiger partial charge on any atom is -0.375 e. The lowest BCUT2D eigenvalue weighted by atomic mass is 10.3. The van der Waals surface area contributed by atoms with E-state index in [1.165, 1.54) is 5.69 Å². The van der Waals surface area contributed by atoms with Crippen LogP contribution in [0.4, 0.5) is 5.69 Å². The highest BCUT2D eigenvalue weighted by molar-refractivity contribution is 5.80. The Labute approximate surface area is 162 Å². The van der Waals surface area contributed by atoms with Crippen molar-refractivity contribution in [1.82, 2.24) is 25.4 Å². The Morgan fingerprint density at radius 3 is 2.74 bits per heavy atom. The summed E-state index contributed by atoms with van der Waals surface area (Å²) >= 11 is 0. The van der Waals surface area contributed by atoms with Crippen molar-refractivity contribution in [2.75, 3.05) is 31.6 Å². The predicted molar refractivity (Wildman–Crippen MR) is 112 cm³/mol. The van der Waals surface area contributed by atoms with Gasteiger partial charge in [-0.2, -0.15) is 0 Å². The monoisotopic (exact) mass is 371 g/mol. The highest BCUT2D eigenvalue weighted by atomic mass is 15.3. The highest BCUT2D eigenvalue weighted by Crippen LogP contribution is 2.10. The SMILES string of the molecule is CCc1nncn1CCNC(=NCCCN(C)c1ccccc1)NC(C)C. The van der Waals surface area contributed by atoms with E-state index in [4.69, 9.17) is 4.99 Å². The Balaban J connectivity index is 1.78. The Morgan fingerprint density at radius 1 is 1.26 bits per heavy atom. The zero-order valence-electron chi connectivity index (χ0n) is 17.0. The van der Waals surface area contributed by atoms with Gasteiger partial charge in [-0.15, -0.1) is 10.2 Å². The maximum atomic E-state index is 4.72. The van der Waals surface area contributed by atoms with Crippen molar-refractivity contribution >= 4 is 11.6 Å². The van der Waals surface area contributed by atoms with Gasteiger partial charge in [0.2, 0.25) is 0 Å². The molecule has 148 valence electrons. The predicted octanol–water partition coefficient (Wildman–Crippen LogP) is 2.31. The normalized spacial score (nSPS) is 11.7. The topological polar surface area (TPSA) is 70.4 Å². The molecule has 7 nitrogen and oxygen atoms in total. The van der Waals surface area contributed by atoms with Crippen LogP contribution in [0.3, 0.4) is 0 Å². The van der Waals surface area contributed by atoms with Crippen LogP contribution in [0.1, 0.15) is 33.0 Å². The second-order valence-electron chi connectivity index (χ2n) is 6.86. The number of benzene rings is 1. The first-order valence-corrected chi connectivity index (χ1v) is 9.77. The molecular formula is C20H33N7. The molecule has 0 spiro atoms. The van der Waals surface area contributed by atoms with E-state index in [9.17, 15) is 0 Å². The van der Waals surface area contributed by atoms with Crippen molar-refractivity contribution in [3.05, 3.63) is 42.5 Å². The van der Waals surface area contributed by atoms with Crippen LogP contribution in [-0.4, -0.2) is 53.4 Å².